The number of ether oxygens (including phenoxy) is 1. The van der Waals surface area contributed by atoms with Gasteiger partial charge in [0.2, 0.25) is 0 Å². The zero-order valence-electron chi connectivity index (χ0n) is 13.3. The Bertz CT molecular complexity index is 756. The average Bonchev–Trinajstić information content (AvgIpc) is 2.48. The molecule has 0 unspecified atom stereocenters. The molecule has 0 aromatic heterocycles. The molecular formula is C18H18BrNO3. The third kappa shape index (κ3) is 4.66. The van der Waals surface area contributed by atoms with Crippen molar-refractivity contribution in [1.82, 2.24) is 0 Å². The number of aryl methyl sites for hydroxylation is 3. The molecule has 5 heteroatoms. The van der Waals surface area contributed by atoms with Crippen molar-refractivity contribution in [1.29, 1.82) is 0 Å². The van der Waals surface area contributed by atoms with Gasteiger partial charge >= 0.3 is 5.97 Å². The minimum Gasteiger partial charge on any atom is -0.452 e. The summed E-state index contributed by atoms with van der Waals surface area (Å²) in [6.45, 7) is 5.37. The van der Waals surface area contributed by atoms with Crippen LogP contribution >= 0.6 is 15.9 Å². The summed E-state index contributed by atoms with van der Waals surface area (Å²) in [5, 5.41) is 2.73. The second-order valence-electron chi connectivity index (χ2n) is 5.40. The smallest absolute Gasteiger partial charge is 0.338 e. The number of carbonyl (C=O) groups is 2. The van der Waals surface area contributed by atoms with Crippen molar-refractivity contribution >= 4 is 33.5 Å². The highest BCUT2D eigenvalue weighted by molar-refractivity contribution is 9.10. The summed E-state index contributed by atoms with van der Waals surface area (Å²) in [7, 11) is 0. The second kappa shape index (κ2) is 7.42. The van der Waals surface area contributed by atoms with Gasteiger partial charge in [-0.05, 0) is 56.2 Å². The van der Waals surface area contributed by atoms with Gasteiger partial charge in [0.15, 0.2) is 6.61 Å². The first-order chi connectivity index (χ1) is 10.9. The van der Waals surface area contributed by atoms with E-state index in [1.165, 1.54) is 0 Å². The topological polar surface area (TPSA) is 55.4 Å². The van der Waals surface area contributed by atoms with Crippen LogP contribution in [0.4, 0.5) is 5.69 Å². The standard InChI is InChI=1S/C18H18BrNO3/c1-11-4-6-15(12(2)8-11)18(22)23-10-17(21)20-16-7-5-14(19)9-13(16)3/h4-9H,10H2,1-3H3,(H,20,21). The van der Waals surface area contributed by atoms with Gasteiger partial charge in [-0.15, -0.1) is 0 Å². The molecule has 0 fully saturated rings. The van der Waals surface area contributed by atoms with Gasteiger partial charge in [0.25, 0.3) is 5.91 Å². The van der Waals surface area contributed by atoms with Gasteiger partial charge in [0, 0.05) is 10.2 Å². The number of rotatable bonds is 4. The molecule has 120 valence electrons. The summed E-state index contributed by atoms with van der Waals surface area (Å²) in [6, 6.07) is 11.0. The fraction of sp³-hybridized carbons (Fsp3) is 0.222. The summed E-state index contributed by atoms with van der Waals surface area (Å²) in [6.07, 6.45) is 0. The van der Waals surface area contributed by atoms with Crippen molar-refractivity contribution in [2.75, 3.05) is 11.9 Å². The molecule has 0 bridgehead atoms. The lowest BCUT2D eigenvalue weighted by Crippen LogP contribution is -2.21. The number of benzene rings is 2. The van der Waals surface area contributed by atoms with E-state index in [1.807, 2.05) is 45.0 Å². The van der Waals surface area contributed by atoms with E-state index in [-0.39, 0.29) is 12.5 Å². The van der Waals surface area contributed by atoms with Crippen LogP contribution in [0.5, 0.6) is 0 Å². The summed E-state index contributed by atoms with van der Waals surface area (Å²) >= 11 is 3.37. The van der Waals surface area contributed by atoms with E-state index in [2.05, 4.69) is 21.2 Å². The van der Waals surface area contributed by atoms with E-state index in [0.717, 1.165) is 21.2 Å². The summed E-state index contributed by atoms with van der Waals surface area (Å²) in [5.74, 6) is -0.862. The predicted octanol–water partition coefficient (Wildman–Crippen LogP) is 4.17. The summed E-state index contributed by atoms with van der Waals surface area (Å²) < 4.78 is 6.03. The van der Waals surface area contributed by atoms with Crippen LogP contribution in [0.3, 0.4) is 0 Å². The number of esters is 1. The molecule has 2 rings (SSSR count). The van der Waals surface area contributed by atoms with Crippen LogP contribution in [-0.4, -0.2) is 18.5 Å². The zero-order chi connectivity index (χ0) is 17.0. The first-order valence-corrected chi connectivity index (χ1v) is 7.96. The lowest BCUT2D eigenvalue weighted by Gasteiger charge is -2.10. The predicted molar refractivity (Wildman–Crippen MR) is 93.7 cm³/mol. The molecular weight excluding hydrogens is 358 g/mol. The Morgan fingerprint density at radius 2 is 1.78 bits per heavy atom. The minimum absolute atomic E-state index is 0.318. The third-order valence-corrected chi connectivity index (χ3v) is 3.89. The van der Waals surface area contributed by atoms with Gasteiger partial charge in [0.05, 0.1) is 5.56 Å². The quantitative estimate of drug-likeness (QED) is 0.815. The molecule has 2 aromatic carbocycles. The first-order valence-electron chi connectivity index (χ1n) is 7.17. The Balaban J connectivity index is 1.94. The van der Waals surface area contributed by atoms with Gasteiger partial charge in [-0.2, -0.15) is 0 Å². The van der Waals surface area contributed by atoms with Gasteiger partial charge in [-0.1, -0.05) is 33.6 Å². The molecule has 1 N–H and O–H groups in total. The number of carbonyl (C=O) groups excluding carboxylic acids is 2. The van der Waals surface area contributed by atoms with Crippen LogP contribution in [0.15, 0.2) is 40.9 Å². The van der Waals surface area contributed by atoms with Crippen molar-refractivity contribution in [3.05, 3.63) is 63.1 Å². The molecule has 0 aliphatic heterocycles. The van der Waals surface area contributed by atoms with E-state index < -0.39 is 5.97 Å². The van der Waals surface area contributed by atoms with Crippen molar-refractivity contribution in [3.63, 3.8) is 0 Å². The van der Waals surface area contributed by atoms with Crippen LogP contribution in [-0.2, 0) is 9.53 Å². The monoisotopic (exact) mass is 375 g/mol. The largest absolute Gasteiger partial charge is 0.452 e. The van der Waals surface area contributed by atoms with Crippen molar-refractivity contribution < 1.29 is 14.3 Å². The van der Waals surface area contributed by atoms with Crippen LogP contribution in [0.25, 0.3) is 0 Å². The Morgan fingerprint density at radius 3 is 2.43 bits per heavy atom. The molecule has 1 amide bonds. The number of nitrogens with one attached hydrogen (secondary N) is 1. The van der Waals surface area contributed by atoms with E-state index in [1.54, 1.807) is 12.1 Å². The van der Waals surface area contributed by atoms with Crippen LogP contribution < -0.4 is 5.32 Å². The normalized spacial score (nSPS) is 10.3. The third-order valence-electron chi connectivity index (χ3n) is 3.40. The number of halogens is 1. The highest BCUT2D eigenvalue weighted by Gasteiger charge is 2.13. The highest BCUT2D eigenvalue weighted by atomic mass is 79.9. The molecule has 0 saturated heterocycles. The second-order valence-corrected chi connectivity index (χ2v) is 6.32. The number of amides is 1. The maximum absolute atomic E-state index is 12.0. The minimum atomic E-state index is -0.495. The highest BCUT2D eigenvalue weighted by Crippen LogP contribution is 2.20. The van der Waals surface area contributed by atoms with Crippen molar-refractivity contribution in [3.8, 4) is 0 Å². The van der Waals surface area contributed by atoms with Gasteiger partial charge in [0.1, 0.15) is 0 Å². The van der Waals surface area contributed by atoms with E-state index in [4.69, 9.17) is 4.74 Å². The molecule has 0 spiro atoms. The fourth-order valence-corrected chi connectivity index (χ4v) is 2.68. The summed E-state index contributed by atoms with van der Waals surface area (Å²) in [5.41, 5.74) is 4.00. The van der Waals surface area contributed by atoms with E-state index >= 15 is 0 Å². The van der Waals surface area contributed by atoms with Gasteiger partial charge in [-0.3, -0.25) is 4.79 Å². The maximum atomic E-state index is 12.0. The van der Waals surface area contributed by atoms with Gasteiger partial charge < -0.3 is 10.1 Å². The maximum Gasteiger partial charge on any atom is 0.338 e. The Morgan fingerprint density at radius 1 is 1.04 bits per heavy atom. The molecule has 0 atom stereocenters. The first kappa shape index (κ1) is 17.2. The van der Waals surface area contributed by atoms with E-state index in [9.17, 15) is 9.59 Å². The SMILES string of the molecule is Cc1ccc(C(=O)OCC(=O)Nc2ccc(Br)cc2C)c(C)c1. The molecule has 4 nitrogen and oxygen atoms in total. The Kier molecular flexibility index (Phi) is 5.55. The molecule has 0 saturated carbocycles. The molecule has 0 radical (unpaired) electrons. The van der Waals surface area contributed by atoms with Gasteiger partial charge in [-0.25, -0.2) is 4.79 Å². The molecule has 2 aromatic rings. The Labute approximate surface area is 144 Å². The van der Waals surface area contributed by atoms with Crippen molar-refractivity contribution in [2.24, 2.45) is 0 Å². The number of hydrogen-bond acceptors (Lipinski definition) is 3. The lowest BCUT2D eigenvalue weighted by atomic mass is 10.1. The molecule has 0 aliphatic carbocycles. The number of anilines is 1. The van der Waals surface area contributed by atoms with Crippen LogP contribution in [0, 0.1) is 20.8 Å². The van der Waals surface area contributed by atoms with Crippen molar-refractivity contribution in [2.45, 2.75) is 20.8 Å². The number of hydrogen-bond donors (Lipinski definition) is 1. The van der Waals surface area contributed by atoms with Crippen LogP contribution in [0.1, 0.15) is 27.0 Å². The van der Waals surface area contributed by atoms with E-state index in [0.29, 0.717) is 11.3 Å². The van der Waals surface area contributed by atoms with Crippen LogP contribution in [0.2, 0.25) is 0 Å². The fourth-order valence-electron chi connectivity index (χ4n) is 2.21. The zero-order valence-corrected chi connectivity index (χ0v) is 14.9. The molecule has 0 aliphatic rings. The Hall–Kier alpha value is -2.14. The lowest BCUT2D eigenvalue weighted by molar-refractivity contribution is -0.119. The molecule has 23 heavy (non-hydrogen) atoms. The molecule has 0 heterocycles. The average molecular weight is 376 g/mol. The summed E-state index contributed by atoms with van der Waals surface area (Å²) in [4.78, 5) is 24.0.